The highest BCUT2D eigenvalue weighted by Gasteiger charge is 2.18. The molecule has 102 valence electrons. The highest BCUT2D eigenvalue weighted by atomic mass is 32.1. The number of hydrogen-bond acceptors (Lipinski definition) is 3. The number of Topliss-reactive ketones (excluding diaryl/α,β-unsaturated/α-hetero) is 1. The van der Waals surface area contributed by atoms with Gasteiger partial charge in [-0.1, -0.05) is 39.5 Å². The molecule has 0 spiro atoms. The highest BCUT2D eigenvalue weighted by Crippen LogP contribution is 2.29. The minimum Gasteiger partial charge on any atom is -0.294 e. The Hall–Kier alpha value is -0.700. The molecule has 2 nitrogen and oxygen atoms in total. The van der Waals surface area contributed by atoms with Gasteiger partial charge in [-0.15, -0.1) is 11.3 Å². The lowest BCUT2D eigenvalue weighted by Crippen LogP contribution is -2.01. The molecule has 1 aromatic rings. The lowest BCUT2D eigenvalue weighted by atomic mass is 10.00. The first-order chi connectivity index (χ1) is 8.66. The number of aryl methyl sites for hydroxylation is 2. The summed E-state index contributed by atoms with van der Waals surface area (Å²) in [4.78, 5) is 16.8. The van der Waals surface area contributed by atoms with Crippen molar-refractivity contribution in [2.24, 2.45) is 5.92 Å². The Kier molecular flexibility index (Phi) is 6.55. The van der Waals surface area contributed by atoms with Crippen LogP contribution in [0.5, 0.6) is 0 Å². The minimum atomic E-state index is 0.173. The van der Waals surface area contributed by atoms with Gasteiger partial charge in [-0.25, -0.2) is 4.98 Å². The van der Waals surface area contributed by atoms with E-state index in [1.165, 1.54) is 32.1 Å². The molecule has 0 radical (unpaired) electrons. The summed E-state index contributed by atoms with van der Waals surface area (Å²) < 4.78 is 0. The van der Waals surface area contributed by atoms with Crippen LogP contribution in [0.4, 0.5) is 0 Å². The third-order valence-electron chi connectivity index (χ3n) is 3.39. The van der Waals surface area contributed by atoms with E-state index in [1.807, 2.05) is 20.8 Å². The number of hydrogen-bond donors (Lipinski definition) is 0. The average molecular weight is 267 g/mol. The van der Waals surface area contributed by atoms with Gasteiger partial charge in [0.2, 0.25) is 0 Å². The molecule has 0 amide bonds. The fourth-order valence-electron chi connectivity index (χ4n) is 2.55. The summed E-state index contributed by atoms with van der Waals surface area (Å²) >= 11 is 1.54. The molecule has 0 aliphatic heterocycles. The van der Waals surface area contributed by atoms with Gasteiger partial charge >= 0.3 is 0 Å². The molecule has 1 fully saturated rings. The number of carbonyl (C=O) groups excluding carboxylic acids is 1. The zero-order valence-corrected chi connectivity index (χ0v) is 12.9. The van der Waals surface area contributed by atoms with Crippen LogP contribution in [0.2, 0.25) is 0 Å². The lowest BCUT2D eigenvalue weighted by Gasteiger charge is -2.07. The van der Waals surface area contributed by atoms with Crippen LogP contribution in [-0.2, 0) is 6.42 Å². The van der Waals surface area contributed by atoms with Crippen LogP contribution in [0.3, 0.4) is 0 Å². The van der Waals surface area contributed by atoms with Gasteiger partial charge in [0.1, 0.15) is 0 Å². The topological polar surface area (TPSA) is 30.0 Å². The fraction of sp³-hybridized carbons (Fsp3) is 0.733. The van der Waals surface area contributed by atoms with Crippen LogP contribution < -0.4 is 0 Å². The van der Waals surface area contributed by atoms with Crippen LogP contribution in [0.25, 0.3) is 0 Å². The van der Waals surface area contributed by atoms with E-state index in [2.05, 4.69) is 4.98 Å². The number of aromatic nitrogens is 1. The largest absolute Gasteiger partial charge is 0.294 e. The molecule has 1 heterocycles. The molecular weight excluding hydrogens is 242 g/mol. The van der Waals surface area contributed by atoms with Crippen LogP contribution in [0, 0.1) is 12.8 Å². The number of rotatable bonds is 4. The van der Waals surface area contributed by atoms with E-state index in [0.717, 1.165) is 27.9 Å². The van der Waals surface area contributed by atoms with Gasteiger partial charge in [-0.2, -0.15) is 0 Å². The summed E-state index contributed by atoms with van der Waals surface area (Å²) in [6.07, 6.45) is 7.73. The van der Waals surface area contributed by atoms with E-state index in [0.29, 0.717) is 0 Å². The Bertz CT molecular complexity index is 378. The van der Waals surface area contributed by atoms with Gasteiger partial charge in [0, 0.05) is 6.92 Å². The molecule has 0 unspecified atom stereocenters. The van der Waals surface area contributed by atoms with Gasteiger partial charge in [0.05, 0.1) is 15.6 Å². The Labute approximate surface area is 115 Å². The van der Waals surface area contributed by atoms with Crippen LogP contribution in [0.1, 0.15) is 73.2 Å². The van der Waals surface area contributed by atoms with Crippen LogP contribution >= 0.6 is 11.3 Å². The summed E-state index contributed by atoms with van der Waals surface area (Å²) in [6, 6.07) is 0. The van der Waals surface area contributed by atoms with E-state index in [1.54, 1.807) is 18.3 Å². The molecular formula is C15H25NOS. The molecule has 0 saturated heterocycles. The van der Waals surface area contributed by atoms with E-state index >= 15 is 0 Å². The molecule has 1 aromatic heterocycles. The molecule has 0 aromatic carbocycles. The van der Waals surface area contributed by atoms with Crippen molar-refractivity contribution in [3.63, 3.8) is 0 Å². The maximum atomic E-state index is 11.4. The Morgan fingerprint density at radius 2 is 1.94 bits per heavy atom. The van der Waals surface area contributed by atoms with Crippen LogP contribution in [0.15, 0.2) is 0 Å². The summed E-state index contributed by atoms with van der Waals surface area (Å²) in [5.74, 6) is 1.05. The summed E-state index contributed by atoms with van der Waals surface area (Å²) in [5, 5.41) is 1.02. The molecule has 1 saturated carbocycles. The monoisotopic (exact) mass is 267 g/mol. The van der Waals surface area contributed by atoms with E-state index in [-0.39, 0.29) is 5.78 Å². The maximum absolute atomic E-state index is 11.4. The summed E-state index contributed by atoms with van der Waals surface area (Å²) in [5.41, 5.74) is 1.04. The Balaban J connectivity index is 0.000000771. The summed E-state index contributed by atoms with van der Waals surface area (Å²) in [6.45, 7) is 7.63. The second-order valence-electron chi connectivity index (χ2n) is 4.75. The predicted molar refractivity (Wildman–Crippen MR) is 78.5 cm³/mol. The van der Waals surface area contributed by atoms with Crippen molar-refractivity contribution < 1.29 is 4.79 Å². The molecule has 0 N–H and O–H groups in total. The van der Waals surface area contributed by atoms with Crippen molar-refractivity contribution in [2.75, 3.05) is 0 Å². The highest BCUT2D eigenvalue weighted by molar-refractivity contribution is 7.13. The zero-order chi connectivity index (χ0) is 13.5. The standard InChI is InChI=1S/C13H19NOS.C2H6/c1-9(15)13-12(14-10(2)16-13)8-7-11-5-3-4-6-11;1-2/h11H,3-8H2,1-2H3;1-2H3. The second-order valence-corrected chi connectivity index (χ2v) is 5.96. The van der Waals surface area contributed by atoms with Gasteiger partial charge in [-0.3, -0.25) is 4.79 Å². The van der Waals surface area contributed by atoms with Crippen molar-refractivity contribution in [3.05, 3.63) is 15.6 Å². The first-order valence-electron chi connectivity index (χ1n) is 7.14. The van der Waals surface area contributed by atoms with Crippen molar-refractivity contribution >= 4 is 17.1 Å². The fourth-order valence-corrected chi connectivity index (χ4v) is 3.42. The maximum Gasteiger partial charge on any atom is 0.171 e. The number of thiazole rings is 1. The third kappa shape index (κ3) is 4.20. The first-order valence-corrected chi connectivity index (χ1v) is 7.95. The third-order valence-corrected chi connectivity index (χ3v) is 4.50. The number of ketones is 1. The predicted octanol–water partition coefficient (Wildman–Crippen LogP) is 4.80. The molecule has 1 aliphatic carbocycles. The van der Waals surface area contributed by atoms with Crippen molar-refractivity contribution in [1.82, 2.24) is 4.98 Å². The molecule has 1 aliphatic rings. The van der Waals surface area contributed by atoms with Gasteiger partial charge in [-0.05, 0) is 25.7 Å². The normalized spacial score (nSPS) is 15.3. The van der Waals surface area contributed by atoms with Gasteiger partial charge in [0.15, 0.2) is 5.78 Å². The second kappa shape index (κ2) is 7.67. The minimum absolute atomic E-state index is 0.173. The average Bonchev–Trinajstić information content (AvgIpc) is 2.98. The molecule has 0 atom stereocenters. The Morgan fingerprint density at radius 3 is 2.50 bits per heavy atom. The first kappa shape index (κ1) is 15.4. The van der Waals surface area contributed by atoms with Gasteiger partial charge in [0.25, 0.3) is 0 Å². The van der Waals surface area contributed by atoms with E-state index < -0.39 is 0 Å². The molecule has 18 heavy (non-hydrogen) atoms. The van der Waals surface area contributed by atoms with Crippen molar-refractivity contribution in [2.45, 2.75) is 66.2 Å². The van der Waals surface area contributed by atoms with Crippen LogP contribution in [-0.4, -0.2) is 10.8 Å². The van der Waals surface area contributed by atoms with Crippen molar-refractivity contribution in [1.29, 1.82) is 0 Å². The quantitative estimate of drug-likeness (QED) is 0.733. The number of carbonyl (C=O) groups is 1. The molecule has 0 bridgehead atoms. The zero-order valence-electron chi connectivity index (χ0n) is 12.1. The Morgan fingerprint density at radius 1 is 1.33 bits per heavy atom. The van der Waals surface area contributed by atoms with Gasteiger partial charge < -0.3 is 0 Å². The smallest absolute Gasteiger partial charge is 0.171 e. The lowest BCUT2D eigenvalue weighted by molar-refractivity contribution is 0.102. The number of nitrogens with zero attached hydrogens (tertiary/aromatic N) is 1. The van der Waals surface area contributed by atoms with E-state index in [9.17, 15) is 4.79 Å². The SMILES string of the molecule is CC.CC(=O)c1sc(C)nc1CCC1CCCC1. The van der Waals surface area contributed by atoms with Crippen molar-refractivity contribution in [3.8, 4) is 0 Å². The molecule has 3 heteroatoms. The summed E-state index contributed by atoms with van der Waals surface area (Å²) in [7, 11) is 0. The molecule has 2 rings (SSSR count). The van der Waals surface area contributed by atoms with E-state index in [4.69, 9.17) is 0 Å².